The lowest BCUT2D eigenvalue weighted by Crippen LogP contribution is -2.22. The summed E-state index contributed by atoms with van der Waals surface area (Å²) in [5, 5.41) is 9.32. The van der Waals surface area contributed by atoms with Crippen molar-refractivity contribution in [3.05, 3.63) is 29.3 Å². The molecular formula is C10H13N3O3S2. The predicted molar refractivity (Wildman–Crippen MR) is 66.7 cm³/mol. The maximum absolute atomic E-state index is 11.8. The van der Waals surface area contributed by atoms with Crippen molar-refractivity contribution < 1.29 is 12.8 Å². The molecule has 18 heavy (non-hydrogen) atoms. The smallest absolute Gasteiger partial charge is 0.250 e. The molecule has 0 aliphatic heterocycles. The van der Waals surface area contributed by atoms with Gasteiger partial charge in [-0.15, -0.1) is 21.5 Å². The van der Waals surface area contributed by atoms with E-state index in [-0.39, 0.29) is 22.6 Å². The quantitative estimate of drug-likeness (QED) is 0.905. The topological polar surface area (TPSA) is 85.1 Å². The molecular weight excluding hydrogens is 274 g/mol. The Morgan fingerprint density at radius 3 is 2.78 bits per heavy atom. The average molecular weight is 287 g/mol. The Kier molecular flexibility index (Phi) is 3.79. The second-order valence-corrected chi connectivity index (χ2v) is 6.89. The monoisotopic (exact) mass is 287 g/mol. The van der Waals surface area contributed by atoms with E-state index >= 15 is 0 Å². The van der Waals surface area contributed by atoms with E-state index in [1.54, 1.807) is 17.5 Å². The minimum absolute atomic E-state index is 0.0000463. The van der Waals surface area contributed by atoms with E-state index in [1.165, 1.54) is 0 Å². The number of nitrogens with one attached hydrogen (secondary N) is 1. The van der Waals surface area contributed by atoms with Gasteiger partial charge in [-0.05, 0) is 11.4 Å². The number of thiophene rings is 1. The third-order valence-electron chi connectivity index (χ3n) is 2.15. The largest absolute Gasteiger partial charge is 0.424 e. The van der Waals surface area contributed by atoms with Gasteiger partial charge in [0.05, 0.1) is 6.54 Å². The highest BCUT2D eigenvalue weighted by Crippen LogP contribution is 2.16. The fraction of sp³-hybridized carbons (Fsp3) is 0.400. The van der Waals surface area contributed by atoms with Gasteiger partial charge in [-0.3, -0.25) is 0 Å². The Hall–Kier alpha value is -1.25. The van der Waals surface area contributed by atoms with Crippen molar-refractivity contribution in [1.82, 2.24) is 14.9 Å². The first-order chi connectivity index (χ1) is 8.49. The summed E-state index contributed by atoms with van der Waals surface area (Å²) in [6.45, 7) is 3.85. The molecule has 2 aromatic rings. The van der Waals surface area contributed by atoms with Gasteiger partial charge in [0.2, 0.25) is 11.8 Å². The maximum Gasteiger partial charge on any atom is 0.250 e. The molecule has 0 aromatic carbocycles. The van der Waals surface area contributed by atoms with Crippen molar-refractivity contribution in [3.8, 4) is 0 Å². The number of aromatic nitrogens is 2. The van der Waals surface area contributed by atoms with Gasteiger partial charge >= 0.3 is 0 Å². The first-order valence-corrected chi connectivity index (χ1v) is 7.71. The van der Waals surface area contributed by atoms with Crippen LogP contribution in [-0.4, -0.2) is 18.6 Å². The average Bonchev–Trinajstić information content (AvgIpc) is 2.98. The summed E-state index contributed by atoms with van der Waals surface area (Å²) in [6.07, 6.45) is 0. The van der Waals surface area contributed by atoms with Crippen LogP contribution in [0.5, 0.6) is 0 Å². The molecule has 0 saturated carbocycles. The lowest BCUT2D eigenvalue weighted by molar-refractivity contribution is 0.427. The molecule has 0 spiro atoms. The second kappa shape index (κ2) is 5.17. The van der Waals surface area contributed by atoms with Crippen molar-refractivity contribution in [2.75, 3.05) is 0 Å². The molecule has 0 aliphatic carbocycles. The molecule has 0 radical (unpaired) electrons. The van der Waals surface area contributed by atoms with E-state index in [9.17, 15) is 8.42 Å². The van der Waals surface area contributed by atoms with Gasteiger partial charge in [0.25, 0.3) is 10.0 Å². The molecule has 0 aliphatic rings. The van der Waals surface area contributed by atoms with Crippen molar-refractivity contribution in [3.63, 3.8) is 0 Å². The van der Waals surface area contributed by atoms with Crippen LogP contribution in [0, 0.1) is 0 Å². The first-order valence-electron chi connectivity index (χ1n) is 5.34. The van der Waals surface area contributed by atoms with E-state index < -0.39 is 10.0 Å². The summed E-state index contributed by atoms with van der Waals surface area (Å²) in [5.74, 6) is 0.888. The first kappa shape index (κ1) is 13.2. The van der Waals surface area contributed by atoms with Crippen molar-refractivity contribution in [1.29, 1.82) is 0 Å². The third-order valence-corrected chi connectivity index (χ3v) is 4.95. The molecule has 0 bridgehead atoms. The van der Waals surface area contributed by atoms with Gasteiger partial charge in [-0.1, -0.05) is 19.9 Å². The van der Waals surface area contributed by atoms with E-state index in [1.807, 2.05) is 13.8 Å². The van der Waals surface area contributed by atoms with Crippen molar-refractivity contribution >= 4 is 21.4 Å². The highest BCUT2D eigenvalue weighted by Gasteiger charge is 2.17. The normalized spacial score (nSPS) is 12.2. The molecule has 0 amide bonds. The Labute approximate surface area is 109 Å². The highest BCUT2D eigenvalue weighted by atomic mass is 32.2. The Balaban J connectivity index is 2.03. The zero-order valence-corrected chi connectivity index (χ0v) is 11.6. The number of hydrogen-bond acceptors (Lipinski definition) is 6. The Morgan fingerprint density at radius 1 is 1.44 bits per heavy atom. The van der Waals surface area contributed by atoms with Crippen LogP contribution in [0.4, 0.5) is 0 Å². The van der Waals surface area contributed by atoms with Crippen LogP contribution < -0.4 is 4.72 Å². The number of nitrogens with zero attached hydrogens (tertiary/aromatic N) is 2. The minimum atomic E-state index is -3.49. The summed E-state index contributed by atoms with van der Waals surface area (Å²) < 4.78 is 31.6. The van der Waals surface area contributed by atoms with Crippen LogP contribution in [0.3, 0.4) is 0 Å². The number of hydrogen-bond donors (Lipinski definition) is 1. The summed E-state index contributed by atoms with van der Waals surface area (Å²) >= 11 is 1.16. The number of sulfonamides is 1. The molecule has 0 fully saturated rings. The van der Waals surface area contributed by atoms with Gasteiger partial charge in [-0.25, -0.2) is 13.1 Å². The second-order valence-electron chi connectivity index (χ2n) is 3.95. The maximum atomic E-state index is 11.8. The van der Waals surface area contributed by atoms with Gasteiger partial charge < -0.3 is 4.42 Å². The summed E-state index contributed by atoms with van der Waals surface area (Å²) in [5.41, 5.74) is 0. The molecule has 98 valence electrons. The van der Waals surface area contributed by atoms with E-state index in [2.05, 4.69) is 14.9 Å². The van der Waals surface area contributed by atoms with Gasteiger partial charge in [-0.2, -0.15) is 0 Å². The lowest BCUT2D eigenvalue weighted by Gasteiger charge is -2.01. The minimum Gasteiger partial charge on any atom is -0.424 e. The summed E-state index contributed by atoms with van der Waals surface area (Å²) in [6, 6.07) is 3.23. The van der Waals surface area contributed by atoms with Gasteiger partial charge in [0.1, 0.15) is 4.21 Å². The summed E-state index contributed by atoms with van der Waals surface area (Å²) in [7, 11) is -3.49. The van der Waals surface area contributed by atoms with E-state index in [4.69, 9.17) is 4.42 Å². The Bertz CT molecular complexity index is 602. The van der Waals surface area contributed by atoms with Crippen LogP contribution in [0.2, 0.25) is 0 Å². The van der Waals surface area contributed by atoms with Gasteiger partial charge in [0.15, 0.2) is 0 Å². The summed E-state index contributed by atoms with van der Waals surface area (Å²) in [4.78, 5) is 0. The standard InChI is InChI=1S/C10H13N3O3S2/c1-7(2)10-13-12-8(16-10)6-11-18(14,15)9-4-3-5-17-9/h3-5,7,11H,6H2,1-2H3. The molecule has 8 heteroatoms. The number of rotatable bonds is 5. The SMILES string of the molecule is CC(C)c1nnc(CNS(=O)(=O)c2cccs2)o1. The van der Waals surface area contributed by atoms with Crippen molar-refractivity contribution in [2.24, 2.45) is 0 Å². The zero-order chi connectivity index (χ0) is 13.2. The predicted octanol–water partition coefficient (Wildman–Crippen LogP) is 1.73. The Morgan fingerprint density at radius 2 is 2.22 bits per heavy atom. The molecule has 2 heterocycles. The van der Waals surface area contributed by atoms with E-state index in [0.29, 0.717) is 5.89 Å². The molecule has 2 rings (SSSR count). The third kappa shape index (κ3) is 2.95. The molecule has 0 saturated heterocycles. The zero-order valence-electron chi connectivity index (χ0n) is 9.95. The van der Waals surface area contributed by atoms with Crippen LogP contribution in [0.25, 0.3) is 0 Å². The van der Waals surface area contributed by atoms with Crippen LogP contribution >= 0.6 is 11.3 Å². The van der Waals surface area contributed by atoms with Gasteiger partial charge in [0, 0.05) is 5.92 Å². The fourth-order valence-electron chi connectivity index (χ4n) is 1.22. The van der Waals surface area contributed by atoms with E-state index in [0.717, 1.165) is 11.3 Å². The highest BCUT2D eigenvalue weighted by molar-refractivity contribution is 7.91. The van der Waals surface area contributed by atoms with Crippen LogP contribution in [0.1, 0.15) is 31.5 Å². The van der Waals surface area contributed by atoms with Crippen molar-refractivity contribution in [2.45, 2.75) is 30.5 Å². The van der Waals surface area contributed by atoms with Crippen LogP contribution in [0.15, 0.2) is 26.1 Å². The molecule has 0 atom stereocenters. The lowest BCUT2D eigenvalue weighted by atomic mass is 10.2. The molecule has 1 N–H and O–H groups in total. The molecule has 2 aromatic heterocycles. The molecule has 0 unspecified atom stereocenters. The fourth-order valence-corrected chi connectivity index (χ4v) is 3.23. The van der Waals surface area contributed by atoms with Crippen LogP contribution in [-0.2, 0) is 16.6 Å². The molecule has 6 nitrogen and oxygen atoms in total.